The Balaban J connectivity index is 2.64. The number of hydrogen-bond acceptors (Lipinski definition) is 0. The summed E-state index contributed by atoms with van der Waals surface area (Å²) in [7, 11) is 0. The van der Waals surface area contributed by atoms with Gasteiger partial charge in [-0.05, 0) is 18.3 Å². The quantitative estimate of drug-likeness (QED) is 0.534. The Morgan fingerprint density at radius 3 is 2.08 bits per heavy atom. The summed E-state index contributed by atoms with van der Waals surface area (Å²) in [5, 5.41) is 0. The zero-order chi connectivity index (χ0) is 9.35. The van der Waals surface area contributed by atoms with Gasteiger partial charge in [-0.15, -0.1) is 0 Å². The van der Waals surface area contributed by atoms with Crippen LogP contribution in [0.15, 0.2) is 0 Å². The Hall–Kier alpha value is -0.210. The van der Waals surface area contributed by atoms with Crippen molar-refractivity contribution in [1.29, 1.82) is 0 Å². The second kappa shape index (κ2) is 3.27. The van der Waals surface area contributed by atoms with Crippen molar-refractivity contribution in [3.05, 3.63) is 0 Å². The highest BCUT2D eigenvalue weighted by molar-refractivity contribution is 4.81. The van der Waals surface area contributed by atoms with E-state index in [1.165, 1.54) is 0 Å². The van der Waals surface area contributed by atoms with Crippen LogP contribution in [0.1, 0.15) is 33.1 Å². The molecule has 1 saturated carbocycles. The van der Waals surface area contributed by atoms with E-state index in [0.29, 0.717) is 6.42 Å². The van der Waals surface area contributed by atoms with Crippen LogP contribution in [0.5, 0.6) is 0 Å². The van der Waals surface area contributed by atoms with Gasteiger partial charge in [0.15, 0.2) is 0 Å². The molecule has 1 aliphatic carbocycles. The summed E-state index contributed by atoms with van der Waals surface area (Å²) in [6.45, 7) is 3.64. The van der Waals surface area contributed by atoms with Crippen LogP contribution in [0.4, 0.5) is 13.2 Å². The van der Waals surface area contributed by atoms with Gasteiger partial charge >= 0.3 is 6.18 Å². The maximum absolute atomic E-state index is 12.4. The highest BCUT2D eigenvalue weighted by Gasteiger charge is 2.45. The Labute approximate surface area is 71.1 Å². The molecule has 72 valence electrons. The van der Waals surface area contributed by atoms with Gasteiger partial charge in [0, 0.05) is 0 Å². The van der Waals surface area contributed by atoms with E-state index in [1.54, 1.807) is 6.92 Å². The van der Waals surface area contributed by atoms with E-state index < -0.39 is 12.1 Å². The minimum Gasteiger partial charge on any atom is -0.171 e. The van der Waals surface area contributed by atoms with Crippen molar-refractivity contribution in [2.24, 2.45) is 17.8 Å². The lowest BCUT2D eigenvalue weighted by atomic mass is 9.73. The van der Waals surface area contributed by atoms with E-state index in [2.05, 4.69) is 0 Å². The molecule has 3 atom stereocenters. The second-order valence-corrected chi connectivity index (χ2v) is 3.92. The largest absolute Gasteiger partial charge is 0.392 e. The van der Waals surface area contributed by atoms with Gasteiger partial charge in [-0.25, -0.2) is 0 Å². The van der Waals surface area contributed by atoms with E-state index in [4.69, 9.17) is 0 Å². The summed E-state index contributed by atoms with van der Waals surface area (Å²) in [5.41, 5.74) is 0. The first-order valence-electron chi connectivity index (χ1n) is 4.49. The molecule has 1 rings (SSSR count). The van der Waals surface area contributed by atoms with Gasteiger partial charge in [0.2, 0.25) is 0 Å². The maximum Gasteiger partial charge on any atom is 0.392 e. The molecule has 1 aliphatic rings. The second-order valence-electron chi connectivity index (χ2n) is 3.92. The van der Waals surface area contributed by atoms with Gasteiger partial charge in [-0.3, -0.25) is 0 Å². The summed E-state index contributed by atoms with van der Waals surface area (Å²) in [6.07, 6.45) is -1.97. The standard InChI is InChI=1S/C9H15F3/c1-6-4-3-5-8(7(6)2)9(10,11)12/h6-8H,3-5H2,1-2H3/t6?,7-,8?/m1/s1. The average Bonchev–Trinajstić information content (AvgIpc) is 1.92. The lowest BCUT2D eigenvalue weighted by molar-refractivity contribution is -0.199. The molecule has 0 saturated heterocycles. The molecule has 0 heterocycles. The predicted octanol–water partition coefficient (Wildman–Crippen LogP) is 3.62. The first-order valence-corrected chi connectivity index (χ1v) is 4.49. The van der Waals surface area contributed by atoms with Crippen molar-refractivity contribution in [3.63, 3.8) is 0 Å². The van der Waals surface area contributed by atoms with Crippen molar-refractivity contribution in [2.75, 3.05) is 0 Å². The highest BCUT2D eigenvalue weighted by atomic mass is 19.4. The van der Waals surface area contributed by atoms with Crippen LogP contribution in [-0.4, -0.2) is 6.18 Å². The van der Waals surface area contributed by atoms with E-state index in [9.17, 15) is 13.2 Å². The van der Waals surface area contributed by atoms with Gasteiger partial charge in [-0.2, -0.15) is 13.2 Å². The predicted molar refractivity (Wildman–Crippen MR) is 41.7 cm³/mol. The van der Waals surface area contributed by atoms with Crippen LogP contribution in [0, 0.1) is 17.8 Å². The number of hydrogen-bond donors (Lipinski definition) is 0. The summed E-state index contributed by atoms with van der Waals surface area (Å²) >= 11 is 0. The molecule has 0 N–H and O–H groups in total. The molecule has 2 unspecified atom stereocenters. The monoisotopic (exact) mass is 180 g/mol. The minimum atomic E-state index is -3.98. The van der Waals surface area contributed by atoms with Crippen molar-refractivity contribution >= 4 is 0 Å². The topological polar surface area (TPSA) is 0 Å². The molecule has 0 spiro atoms. The van der Waals surface area contributed by atoms with Crippen LogP contribution >= 0.6 is 0 Å². The fraction of sp³-hybridized carbons (Fsp3) is 1.00. The van der Waals surface area contributed by atoms with Crippen LogP contribution in [0.3, 0.4) is 0 Å². The maximum atomic E-state index is 12.4. The lowest BCUT2D eigenvalue weighted by Gasteiger charge is -2.35. The van der Waals surface area contributed by atoms with Gasteiger partial charge in [0.05, 0.1) is 5.92 Å². The number of halogens is 3. The summed E-state index contributed by atoms with van der Waals surface area (Å²) < 4.78 is 37.1. The molecule has 0 aliphatic heterocycles. The molecule has 0 nitrogen and oxygen atoms in total. The van der Waals surface area contributed by atoms with Crippen molar-refractivity contribution < 1.29 is 13.2 Å². The molecule has 3 heteroatoms. The van der Waals surface area contributed by atoms with E-state index in [-0.39, 0.29) is 11.8 Å². The van der Waals surface area contributed by atoms with Crippen molar-refractivity contribution in [1.82, 2.24) is 0 Å². The normalized spacial score (nSPS) is 38.2. The van der Waals surface area contributed by atoms with Crippen LogP contribution in [0.25, 0.3) is 0 Å². The van der Waals surface area contributed by atoms with Crippen LogP contribution in [-0.2, 0) is 0 Å². The Morgan fingerprint density at radius 1 is 1.08 bits per heavy atom. The Kier molecular flexibility index (Phi) is 2.69. The molecule has 0 aromatic carbocycles. The average molecular weight is 180 g/mol. The van der Waals surface area contributed by atoms with Crippen molar-refractivity contribution in [3.8, 4) is 0 Å². The Bertz CT molecular complexity index is 150. The van der Waals surface area contributed by atoms with E-state index in [0.717, 1.165) is 12.8 Å². The van der Waals surface area contributed by atoms with E-state index in [1.807, 2.05) is 6.92 Å². The molecule has 0 amide bonds. The third-order valence-electron chi connectivity index (χ3n) is 3.13. The molecular formula is C9H15F3. The number of alkyl halides is 3. The van der Waals surface area contributed by atoms with Gasteiger partial charge < -0.3 is 0 Å². The first kappa shape index (κ1) is 9.87. The fourth-order valence-corrected chi connectivity index (χ4v) is 2.04. The highest BCUT2D eigenvalue weighted by Crippen LogP contribution is 2.43. The van der Waals surface area contributed by atoms with E-state index >= 15 is 0 Å². The summed E-state index contributed by atoms with van der Waals surface area (Å²) in [5.74, 6) is -1.02. The Morgan fingerprint density at radius 2 is 1.67 bits per heavy atom. The molecule has 1 fully saturated rings. The first-order chi connectivity index (χ1) is 5.43. The zero-order valence-corrected chi connectivity index (χ0v) is 7.49. The third-order valence-corrected chi connectivity index (χ3v) is 3.13. The summed E-state index contributed by atoms with van der Waals surface area (Å²) in [6, 6.07) is 0. The van der Waals surface area contributed by atoms with Crippen LogP contribution < -0.4 is 0 Å². The minimum absolute atomic E-state index is 0.196. The van der Waals surface area contributed by atoms with Gasteiger partial charge in [-0.1, -0.05) is 26.7 Å². The zero-order valence-electron chi connectivity index (χ0n) is 7.49. The van der Waals surface area contributed by atoms with Crippen molar-refractivity contribution in [2.45, 2.75) is 39.3 Å². The number of rotatable bonds is 0. The fourth-order valence-electron chi connectivity index (χ4n) is 2.04. The van der Waals surface area contributed by atoms with Gasteiger partial charge in [0.1, 0.15) is 0 Å². The lowest BCUT2D eigenvalue weighted by Crippen LogP contribution is -2.35. The molecule has 0 aromatic rings. The third kappa shape index (κ3) is 1.93. The molecule has 0 aromatic heterocycles. The smallest absolute Gasteiger partial charge is 0.171 e. The molecule has 12 heavy (non-hydrogen) atoms. The van der Waals surface area contributed by atoms with Crippen LogP contribution in [0.2, 0.25) is 0 Å². The molecular weight excluding hydrogens is 165 g/mol. The summed E-state index contributed by atoms with van der Waals surface area (Å²) in [4.78, 5) is 0. The molecule has 0 bridgehead atoms. The molecule has 0 radical (unpaired) electrons. The van der Waals surface area contributed by atoms with Gasteiger partial charge in [0.25, 0.3) is 0 Å². The SMILES string of the molecule is CC1CCCC(C(F)(F)F)[C@@H]1C.